The molecule has 0 radical (unpaired) electrons. The molecule has 3 rings (SSSR count). The van der Waals surface area contributed by atoms with E-state index in [0.29, 0.717) is 32.4 Å². The molecule has 25 heavy (non-hydrogen) atoms. The van der Waals surface area contributed by atoms with Gasteiger partial charge in [0.25, 0.3) is 5.91 Å². The van der Waals surface area contributed by atoms with Crippen molar-refractivity contribution in [3.05, 3.63) is 50.8 Å². The van der Waals surface area contributed by atoms with Gasteiger partial charge in [0.1, 0.15) is 6.29 Å². The van der Waals surface area contributed by atoms with Crippen LogP contribution in [0, 0.1) is 6.92 Å². The highest BCUT2D eigenvalue weighted by Crippen LogP contribution is 2.40. The van der Waals surface area contributed by atoms with Crippen LogP contribution in [0.2, 0.25) is 10.0 Å². The molecule has 7 heteroatoms. The first kappa shape index (κ1) is 17.9. The zero-order chi connectivity index (χ0) is 18.3. The Balaban J connectivity index is 2.29. The molecule has 2 N–H and O–H groups in total. The number of rotatable bonds is 4. The number of pyridine rings is 1. The maximum absolute atomic E-state index is 13.0. The van der Waals surface area contributed by atoms with Gasteiger partial charge in [-0.3, -0.25) is 9.78 Å². The molecule has 1 aromatic carbocycles. The fourth-order valence-corrected chi connectivity index (χ4v) is 3.67. The third kappa shape index (κ3) is 2.92. The third-order valence-electron chi connectivity index (χ3n) is 4.47. The number of fused-ring (bicyclic) bond motifs is 1. The Kier molecular flexibility index (Phi) is 4.82. The van der Waals surface area contributed by atoms with Crippen molar-refractivity contribution in [2.75, 3.05) is 0 Å². The molecule has 1 atom stereocenters. The van der Waals surface area contributed by atoms with Gasteiger partial charge in [0.2, 0.25) is 0 Å². The Morgan fingerprint density at radius 3 is 2.68 bits per heavy atom. The summed E-state index contributed by atoms with van der Waals surface area (Å²) in [6.07, 6.45) is 0.745. The van der Waals surface area contributed by atoms with E-state index >= 15 is 0 Å². The van der Waals surface area contributed by atoms with Crippen LogP contribution in [0.15, 0.2) is 18.2 Å². The minimum Gasteiger partial charge on any atom is -0.326 e. The molecule has 2 aromatic rings. The van der Waals surface area contributed by atoms with Crippen molar-refractivity contribution >= 4 is 35.4 Å². The lowest BCUT2D eigenvalue weighted by molar-refractivity contribution is -0.111. The van der Waals surface area contributed by atoms with Crippen LogP contribution in [0.4, 0.5) is 0 Å². The molecule has 0 fully saturated rings. The summed E-state index contributed by atoms with van der Waals surface area (Å²) in [5, 5.41) is 0.942. The number of nitrogens with two attached hydrogens (primary N) is 1. The highest BCUT2D eigenvalue weighted by Gasteiger charge is 2.36. The second-order valence-electron chi connectivity index (χ2n) is 6.01. The van der Waals surface area contributed by atoms with E-state index in [1.54, 1.807) is 25.1 Å². The summed E-state index contributed by atoms with van der Waals surface area (Å²) in [5.41, 5.74) is 9.90. The number of carbonyl (C=O) groups is 2. The number of nitrogens with zero attached hydrogens (tertiary/aromatic N) is 2. The predicted molar refractivity (Wildman–Crippen MR) is 97.7 cm³/mol. The largest absolute Gasteiger partial charge is 0.326 e. The van der Waals surface area contributed by atoms with Crippen molar-refractivity contribution in [1.82, 2.24) is 9.88 Å². The number of aryl methyl sites for hydroxylation is 1. The van der Waals surface area contributed by atoms with Crippen molar-refractivity contribution in [3.63, 3.8) is 0 Å². The van der Waals surface area contributed by atoms with Gasteiger partial charge in [0, 0.05) is 33.4 Å². The quantitative estimate of drug-likeness (QED) is 0.828. The van der Waals surface area contributed by atoms with Gasteiger partial charge >= 0.3 is 0 Å². The number of halogens is 2. The SMILES string of the molecule is Cc1nc2c(c(-c3ccc(Cl)cc3Cl)c1CN)C(=O)N(C(C)C=O)C2. The zero-order valence-corrected chi connectivity index (χ0v) is 15.4. The molecule has 130 valence electrons. The van der Waals surface area contributed by atoms with E-state index in [1.165, 1.54) is 4.90 Å². The molecule has 1 unspecified atom stereocenters. The second-order valence-corrected chi connectivity index (χ2v) is 6.85. The number of carbonyl (C=O) groups excluding carboxylic acids is 2. The van der Waals surface area contributed by atoms with Crippen LogP contribution in [0.1, 0.15) is 34.2 Å². The first-order valence-corrected chi connectivity index (χ1v) is 8.58. The molecule has 1 aromatic heterocycles. The zero-order valence-electron chi connectivity index (χ0n) is 13.8. The maximum Gasteiger partial charge on any atom is 0.257 e. The summed E-state index contributed by atoms with van der Waals surface area (Å²) in [6, 6.07) is 4.59. The average molecular weight is 378 g/mol. The minimum absolute atomic E-state index is 0.219. The van der Waals surface area contributed by atoms with Crippen LogP contribution in [0.25, 0.3) is 11.1 Å². The topological polar surface area (TPSA) is 76.3 Å². The number of benzene rings is 1. The van der Waals surface area contributed by atoms with Crippen LogP contribution < -0.4 is 5.73 Å². The number of aromatic nitrogens is 1. The fraction of sp³-hybridized carbons (Fsp3) is 0.278. The minimum atomic E-state index is -0.531. The predicted octanol–water partition coefficient (Wildman–Crippen LogP) is 3.37. The summed E-state index contributed by atoms with van der Waals surface area (Å²) in [7, 11) is 0. The molecule has 0 bridgehead atoms. The van der Waals surface area contributed by atoms with Crippen LogP contribution >= 0.6 is 23.2 Å². The molecule has 0 spiro atoms. The number of hydrogen-bond acceptors (Lipinski definition) is 4. The molecule has 0 saturated heterocycles. The summed E-state index contributed by atoms with van der Waals surface area (Å²) in [6.45, 7) is 4.05. The van der Waals surface area contributed by atoms with E-state index in [9.17, 15) is 9.59 Å². The van der Waals surface area contributed by atoms with E-state index in [1.807, 2.05) is 6.92 Å². The monoisotopic (exact) mass is 377 g/mol. The van der Waals surface area contributed by atoms with Gasteiger partial charge in [-0.2, -0.15) is 0 Å². The number of aldehydes is 1. The summed E-state index contributed by atoms with van der Waals surface area (Å²) < 4.78 is 0. The normalized spacial score (nSPS) is 14.6. The molecule has 5 nitrogen and oxygen atoms in total. The lowest BCUT2D eigenvalue weighted by atomic mass is 9.93. The Morgan fingerprint density at radius 2 is 2.08 bits per heavy atom. The number of hydrogen-bond donors (Lipinski definition) is 1. The molecular weight excluding hydrogens is 361 g/mol. The molecule has 0 saturated carbocycles. The van der Waals surface area contributed by atoms with Crippen molar-refractivity contribution in [2.24, 2.45) is 5.73 Å². The molecule has 0 aliphatic carbocycles. The Morgan fingerprint density at radius 1 is 1.36 bits per heavy atom. The standard InChI is InChI=1S/C18H17Cl2N3O2/c1-9(8-24)23-7-15-17(18(23)25)16(13(6-21)10(2)22-15)12-4-3-11(19)5-14(12)20/h3-5,8-9H,6-7,21H2,1-2H3. The van der Waals surface area contributed by atoms with Crippen LogP contribution in [0.3, 0.4) is 0 Å². The van der Waals surface area contributed by atoms with Crippen molar-refractivity contribution in [2.45, 2.75) is 33.0 Å². The lowest BCUT2D eigenvalue weighted by Crippen LogP contribution is -2.34. The van der Waals surface area contributed by atoms with E-state index in [0.717, 1.165) is 17.5 Å². The Bertz CT molecular complexity index is 883. The van der Waals surface area contributed by atoms with Gasteiger partial charge in [-0.05, 0) is 31.5 Å². The summed E-state index contributed by atoms with van der Waals surface area (Å²) >= 11 is 12.4. The first-order chi connectivity index (χ1) is 11.9. The fourth-order valence-electron chi connectivity index (χ4n) is 3.17. The van der Waals surface area contributed by atoms with E-state index in [4.69, 9.17) is 28.9 Å². The molecule has 1 aliphatic rings. The lowest BCUT2D eigenvalue weighted by Gasteiger charge is -2.19. The van der Waals surface area contributed by atoms with Crippen LogP contribution in [-0.2, 0) is 17.9 Å². The maximum atomic E-state index is 13.0. The smallest absolute Gasteiger partial charge is 0.257 e. The van der Waals surface area contributed by atoms with Gasteiger partial charge in [0.15, 0.2) is 0 Å². The first-order valence-electron chi connectivity index (χ1n) is 7.83. The highest BCUT2D eigenvalue weighted by atomic mass is 35.5. The van der Waals surface area contributed by atoms with E-state index in [-0.39, 0.29) is 19.0 Å². The molecule has 2 heterocycles. The summed E-state index contributed by atoms with van der Waals surface area (Å²) in [5.74, 6) is -0.238. The average Bonchev–Trinajstić information content (AvgIpc) is 2.89. The van der Waals surface area contributed by atoms with Crippen molar-refractivity contribution in [1.29, 1.82) is 0 Å². The molecule has 1 amide bonds. The number of amides is 1. The Hall–Kier alpha value is -1.95. The van der Waals surface area contributed by atoms with Gasteiger partial charge in [-0.15, -0.1) is 0 Å². The highest BCUT2D eigenvalue weighted by molar-refractivity contribution is 6.36. The van der Waals surface area contributed by atoms with Gasteiger partial charge < -0.3 is 15.4 Å². The van der Waals surface area contributed by atoms with E-state index in [2.05, 4.69) is 4.98 Å². The van der Waals surface area contributed by atoms with Crippen molar-refractivity contribution in [3.8, 4) is 11.1 Å². The molecular formula is C18H17Cl2N3O2. The Labute approximate surface area is 155 Å². The summed E-state index contributed by atoms with van der Waals surface area (Å²) in [4.78, 5) is 30.2. The van der Waals surface area contributed by atoms with Gasteiger partial charge in [0.05, 0.1) is 23.8 Å². The van der Waals surface area contributed by atoms with Gasteiger partial charge in [-0.25, -0.2) is 0 Å². The third-order valence-corrected chi connectivity index (χ3v) is 5.02. The van der Waals surface area contributed by atoms with Crippen LogP contribution in [0.5, 0.6) is 0 Å². The van der Waals surface area contributed by atoms with E-state index < -0.39 is 6.04 Å². The second kappa shape index (κ2) is 6.75. The van der Waals surface area contributed by atoms with Crippen LogP contribution in [-0.4, -0.2) is 28.1 Å². The van der Waals surface area contributed by atoms with Crippen molar-refractivity contribution < 1.29 is 9.59 Å². The van der Waals surface area contributed by atoms with Gasteiger partial charge in [-0.1, -0.05) is 29.3 Å². The molecule has 1 aliphatic heterocycles.